The van der Waals surface area contributed by atoms with Gasteiger partial charge in [0.2, 0.25) is 0 Å². The first-order valence-corrected chi connectivity index (χ1v) is 6.64. The van der Waals surface area contributed by atoms with Gasteiger partial charge in [0.05, 0.1) is 6.61 Å². The van der Waals surface area contributed by atoms with Gasteiger partial charge >= 0.3 is 0 Å². The topological polar surface area (TPSA) is 21.3 Å². The lowest BCUT2D eigenvalue weighted by atomic mass is 9.83. The van der Waals surface area contributed by atoms with Gasteiger partial charge in [-0.05, 0) is 37.6 Å². The molecule has 0 aromatic heterocycles. The van der Waals surface area contributed by atoms with Gasteiger partial charge in [-0.3, -0.25) is 0 Å². The van der Waals surface area contributed by atoms with Gasteiger partial charge < -0.3 is 10.1 Å². The third-order valence-electron chi connectivity index (χ3n) is 2.72. The number of hydrogen-bond donors (Lipinski definition) is 1. The highest BCUT2D eigenvalue weighted by atomic mass is 16.5. The Hall–Kier alpha value is -0.0800. The molecule has 1 N–H and O–H groups in total. The smallest absolute Gasteiger partial charge is 0.0619 e. The maximum atomic E-state index is 5.60. The zero-order chi connectivity index (χ0) is 12.6. The van der Waals surface area contributed by atoms with E-state index in [0.717, 1.165) is 25.6 Å². The summed E-state index contributed by atoms with van der Waals surface area (Å²) in [5, 5.41) is 3.35. The Morgan fingerprint density at radius 1 is 1.25 bits per heavy atom. The summed E-state index contributed by atoms with van der Waals surface area (Å²) < 4.78 is 5.60. The van der Waals surface area contributed by atoms with Gasteiger partial charge in [0.15, 0.2) is 0 Å². The van der Waals surface area contributed by atoms with Gasteiger partial charge in [0, 0.05) is 12.6 Å². The molecule has 2 unspecified atom stereocenters. The van der Waals surface area contributed by atoms with Gasteiger partial charge in [0.25, 0.3) is 0 Å². The lowest BCUT2D eigenvalue weighted by Crippen LogP contribution is -2.33. The van der Waals surface area contributed by atoms with E-state index in [-0.39, 0.29) is 0 Å². The summed E-state index contributed by atoms with van der Waals surface area (Å²) in [6, 6.07) is 0.504. The molecule has 0 fully saturated rings. The van der Waals surface area contributed by atoms with Crippen LogP contribution >= 0.6 is 0 Å². The summed E-state index contributed by atoms with van der Waals surface area (Å²) in [6.45, 7) is 13.2. The molecule has 0 aliphatic rings. The van der Waals surface area contributed by atoms with E-state index in [0.29, 0.717) is 11.5 Å². The van der Waals surface area contributed by atoms with Crippen LogP contribution in [0.3, 0.4) is 0 Å². The predicted octanol–water partition coefficient (Wildman–Crippen LogP) is 3.46. The molecule has 0 saturated heterocycles. The average Bonchev–Trinajstić information content (AvgIpc) is 2.13. The molecule has 2 nitrogen and oxygen atoms in total. The molecule has 98 valence electrons. The standard InChI is InChI=1S/C14H31NO/c1-7-8-16-11-13(15-6)9-12(2)10-14(3,4)5/h12-13,15H,7-11H2,1-6H3. The van der Waals surface area contributed by atoms with Crippen molar-refractivity contribution in [1.82, 2.24) is 5.32 Å². The summed E-state index contributed by atoms with van der Waals surface area (Å²) >= 11 is 0. The fourth-order valence-electron chi connectivity index (χ4n) is 2.25. The molecule has 2 atom stereocenters. The molecule has 0 heterocycles. The van der Waals surface area contributed by atoms with Crippen molar-refractivity contribution in [2.24, 2.45) is 11.3 Å². The zero-order valence-electron chi connectivity index (χ0n) is 12.1. The van der Waals surface area contributed by atoms with Crippen molar-refractivity contribution in [3.63, 3.8) is 0 Å². The van der Waals surface area contributed by atoms with Gasteiger partial charge in [-0.1, -0.05) is 34.6 Å². The molecule has 16 heavy (non-hydrogen) atoms. The lowest BCUT2D eigenvalue weighted by molar-refractivity contribution is 0.104. The first-order chi connectivity index (χ1) is 7.39. The van der Waals surface area contributed by atoms with E-state index in [9.17, 15) is 0 Å². The van der Waals surface area contributed by atoms with Gasteiger partial charge in [-0.25, -0.2) is 0 Å². The van der Waals surface area contributed by atoms with Crippen molar-refractivity contribution in [2.75, 3.05) is 20.3 Å². The van der Waals surface area contributed by atoms with Gasteiger partial charge in [0.1, 0.15) is 0 Å². The van der Waals surface area contributed by atoms with Crippen molar-refractivity contribution in [2.45, 2.75) is 59.9 Å². The number of ether oxygens (including phenoxy) is 1. The molecule has 0 radical (unpaired) electrons. The van der Waals surface area contributed by atoms with Crippen molar-refractivity contribution in [3.8, 4) is 0 Å². The van der Waals surface area contributed by atoms with E-state index in [1.165, 1.54) is 12.8 Å². The summed E-state index contributed by atoms with van der Waals surface area (Å²) in [5.74, 6) is 0.752. The van der Waals surface area contributed by atoms with E-state index in [1.807, 2.05) is 7.05 Å². The summed E-state index contributed by atoms with van der Waals surface area (Å²) in [4.78, 5) is 0. The Labute approximate surface area is 102 Å². The fourth-order valence-corrected chi connectivity index (χ4v) is 2.25. The summed E-state index contributed by atoms with van der Waals surface area (Å²) in [7, 11) is 2.03. The summed E-state index contributed by atoms with van der Waals surface area (Å²) in [5.41, 5.74) is 0.433. The molecule has 0 aliphatic carbocycles. The Kier molecular flexibility index (Phi) is 8.04. The summed E-state index contributed by atoms with van der Waals surface area (Å²) in [6.07, 6.45) is 3.59. The minimum absolute atomic E-state index is 0.433. The molecule has 0 aliphatic heterocycles. The monoisotopic (exact) mass is 229 g/mol. The minimum Gasteiger partial charge on any atom is -0.380 e. The molecule has 0 aromatic carbocycles. The van der Waals surface area contributed by atoms with E-state index < -0.39 is 0 Å². The van der Waals surface area contributed by atoms with E-state index in [2.05, 4.69) is 39.9 Å². The van der Waals surface area contributed by atoms with Crippen LogP contribution in [0.4, 0.5) is 0 Å². The van der Waals surface area contributed by atoms with Crippen LogP contribution in [0.1, 0.15) is 53.9 Å². The van der Waals surface area contributed by atoms with Gasteiger partial charge in [-0.2, -0.15) is 0 Å². The zero-order valence-corrected chi connectivity index (χ0v) is 12.1. The molecule has 0 rings (SSSR count). The van der Waals surface area contributed by atoms with Crippen LogP contribution in [0.25, 0.3) is 0 Å². The highest BCUT2D eigenvalue weighted by Crippen LogP contribution is 2.26. The molecule has 0 amide bonds. The van der Waals surface area contributed by atoms with Gasteiger partial charge in [-0.15, -0.1) is 0 Å². The molecule has 0 aromatic rings. The third kappa shape index (κ3) is 9.17. The molecule has 2 heteroatoms. The largest absolute Gasteiger partial charge is 0.380 e. The van der Waals surface area contributed by atoms with E-state index in [4.69, 9.17) is 4.74 Å². The second-order valence-electron chi connectivity index (χ2n) is 6.17. The quantitative estimate of drug-likeness (QED) is 0.644. The van der Waals surface area contributed by atoms with Crippen molar-refractivity contribution >= 4 is 0 Å². The Morgan fingerprint density at radius 2 is 1.88 bits per heavy atom. The molecule has 0 spiro atoms. The third-order valence-corrected chi connectivity index (χ3v) is 2.72. The number of hydrogen-bond acceptors (Lipinski definition) is 2. The molecule has 0 bridgehead atoms. The number of rotatable bonds is 8. The first kappa shape index (κ1) is 15.9. The van der Waals surface area contributed by atoms with Crippen LogP contribution in [0, 0.1) is 11.3 Å². The highest BCUT2D eigenvalue weighted by molar-refractivity contribution is 4.72. The van der Waals surface area contributed by atoms with Crippen molar-refractivity contribution in [3.05, 3.63) is 0 Å². The Balaban J connectivity index is 3.83. The number of likely N-dealkylation sites (N-methyl/N-ethyl adjacent to an activating group) is 1. The van der Waals surface area contributed by atoms with E-state index >= 15 is 0 Å². The Morgan fingerprint density at radius 3 is 2.31 bits per heavy atom. The normalized spacial score (nSPS) is 16.1. The van der Waals surface area contributed by atoms with Crippen molar-refractivity contribution < 1.29 is 4.74 Å². The van der Waals surface area contributed by atoms with Crippen LogP contribution in [-0.2, 0) is 4.74 Å². The van der Waals surface area contributed by atoms with Crippen LogP contribution in [0.15, 0.2) is 0 Å². The van der Waals surface area contributed by atoms with Crippen LogP contribution in [-0.4, -0.2) is 26.3 Å². The molecular formula is C14H31NO. The second kappa shape index (κ2) is 8.08. The average molecular weight is 229 g/mol. The fraction of sp³-hybridized carbons (Fsp3) is 1.00. The lowest BCUT2D eigenvalue weighted by Gasteiger charge is -2.26. The van der Waals surface area contributed by atoms with E-state index in [1.54, 1.807) is 0 Å². The maximum Gasteiger partial charge on any atom is 0.0619 e. The Bertz CT molecular complexity index is 163. The molecular weight excluding hydrogens is 198 g/mol. The molecule has 0 saturated carbocycles. The second-order valence-corrected chi connectivity index (χ2v) is 6.17. The highest BCUT2D eigenvalue weighted by Gasteiger charge is 2.18. The minimum atomic E-state index is 0.433. The SMILES string of the molecule is CCCOCC(CC(C)CC(C)(C)C)NC. The maximum absolute atomic E-state index is 5.60. The number of nitrogens with one attached hydrogen (secondary N) is 1. The van der Waals surface area contributed by atoms with Crippen molar-refractivity contribution in [1.29, 1.82) is 0 Å². The van der Waals surface area contributed by atoms with Crippen LogP contribution in [0.5, 0.6) is 0 Å². The van der Waals surface area contributed by atoms with Crippen LogP contribution in [0.2, 0.25) is 0 Å². The predicted molar refractivity (Wildman–Crippen MR) is 71.8 cm³/mol. The van der Waals surface area contributed by atoms with Crippen LogP contribution < -0.4 is 5.32 Å². The first-order valence-electron chi connectivity index (χ1n) is 6.64.